The van der Waals surface area contributed by atoms with E-state index in [0.29, 0.717) is 31.4 Å². The van der Waals surface area contributed by atoms with Gasteiger partial charge in [0.2, 0.25) is 0 Å². The zero-order valence-electron chi connectivity index (χ0n) is 18.5. The highest BCUT2D eigenvalue weighted by Crippen LogP contribution is 2.32. The highest BCUT2D eigenvalue weighted by molar-refractivity contribution is 5.36. The molecule has 0 saturated heterocycles. The zero-order valence-corrected chi connectivity index (χ0v) is 18.5. The Kier molecular flexibility index (Phi) is 7.65. The third kappa shape index (κ3) is 6.88. The molecule has 0 fully saturated rings. The normalized spacial score (nSPS) is 17.6. The Labute approximate surface area is 179 Å². The minimum absolute atomic E-state index is 0.257. The van der Waals surface area contributed by atoms with Gasteiger partial charge in [0, 0.05) is 18.7 Å². The van der Waals surface area contributed by atoms with Gasteiger partial charge in [0.05, 0.1) is 6.10 Å². The molecule has 0 saturated carbocycles. The van der Waals surface area contributed by atoms with E-state index >= 15 is 0 Å². The van der Waals surface area contributed by atoms with E-state index in [1.165, 1.54) is 28.8 Å². The molecule has 1 aliphatic carbocycles. The molecule has 164 valence electrons. The van der Waals surface area contributed by atoms with Crippen molar-refractivity contribution in [2.75, 3.05) is 6.54 Å². The lowest BCUT2D eigenvalue weighted by Crippen LogP contribution is -2.32. The van der Waals surface area contributed by atoms with Crippen LogP contribution in [0.15, 0.2) is 36.4 Å². The van der Waals surface area contributed by atoms with Gasteiger partial charge in [0.15, 0.2) is 0 Å². The fourth-order valence-electron chi connectivity index (χ4n) is 4.46. The maximum absolute atomic E-state index is 13.3. The van der Waals surface area contributed by atoms with E-state index in [0.717, 1.165) is 31.7 Å². The summed E-state index contributed by atoms with van der Waals surface area (Å²) in [6, 6.07) is 10.8. The van der Waals surface area contributed by atoms with Gasteiger partial charge in [0.1, 0.15) is 11.6 Å². The van der Waals surface area contributed by atoms with Crippen LogP contribution in [0.5, 0.6) is 0 Å². The monoisotopic (exact) mass is 415 g/mol. The van der Waals surface area contributed by atoms with Crippen molar-refractivity contribution in [3.05, 3.63) is 70.3 Å². The van der Waals surface area contributed by atoms with Gasteiger partial charge < -0.3 is 10.4 Å². The lowest BCUT2D eigenvalue weighted by atomic mass is 9.82. The number of rotatable bonds is 8. The third-order valence-electron chi connectivity index (χ3n) is 5.78. The number of hydrogen-bond donors (Lipinski definition) is 2. The second kappa shape index (κ2) is 10.0. The topological polar surface area (TPSA) is 32.3 Å². The molecule has 2 aromatic rings. The van der Waals surface area contributed by atoms with Gasteiger partial charge >= 0.3 is 0 Å². The highest BCUT2D eigenvalue weighted by Gasteiger charge is 2.22. The van der Waals surface area contributed by atoms with Crippen LogP contribution in [0, 0.1) is 17.0 Å². The van der Waals surface area contributed by atoms with E-state index in [1.807, 2.05) is 0 Å². The minimum Gasteiger partial charge on any atom is -0.392 e. The van der Waals surface area contributed by atoms with Gasteiger partial charge in [-0.1, -0.05) is 39.0 Å². The van der Waals surface area contributed by atoms with Crippen molar-refractivity contribution >= 4 is 0 Å². The number of benzene rings is 2. The van der Waals surface area contributed by atoms with Crippen molar-refractivity contribution in [2.24, 2.45) is 5.41 Å². The van der Waals surface area contributed by atoms with Gasteiger partial charge in [0.25, 0.3) is 0 Å². The summed E-state index contributed by atoms with van der Waals surface area (Å²) in [5.74, 6) is -1.09. The molecular weight excluding hydrogens is 380 g/mol. The van der Waals surface area contributed by atoms with Crippen molar-refractivity contribution < 1.29 is 13.9 Å². The number of hydrogen-bond acceptors (Lipinski definition) is 2. The number of halogens is 2. The van der Waals surface area contributed by atoms with Crippen LogP contribution in [0.25, 0.3) is 0 Å². The Hall–Kier alpha value is -1.78. The van der Waals surface area contributed by atoms with Crippen LogP contribution in [0.1, 0.15) is 74.8 Å². The first-order valence-corrected chi connectivity index (χ1v) is 11.2. The van der Waals surface area contributed by atoms with Crippen LogP contribution in [0.3, 0.4) is 0 Å². The first-order valence-electron chi connectivity index (χ1n) is 11.2. The van der Waals surface area contributed by atoms with E-state index in [-0.39, 0.29) is 11.5 Å². The van der Waals surface area contributed by atoms with Crippen LogP contribution in [-0.2, 0) is 19.3 Å². The summed E-state index contributed by atoms with van der Waals surface area (Å²) < 4.78 is 26.6. The lowest BCUT2D eigenvalue weighted by molar-refractivity contribution is 0.153. The van der Waals surface area contributed by atoms with E-state index in [9.17, 15) is 13.9 Å². The van der Waals surface area contributed by atoms with E-state index < -0.39 is 17.7 Å². The highest BCUT2D eigenvalue weighted by atomic mass is 19.1. The molecule has 2 aromatic carbocycles. The summed E-state index contributed by atoms with van der Waals surface area (Å²) in [6.07, 6.45) is 5.82. The predicted molar refractivity (Wildman–Crippen MR) is 119 cm³/mol. The second-order valence-corrected chi connectivity index (χ2v) is 9.95. The Bertz CT molecular complexity index is 823. The quantitative estimate of drug-likeness (QED) is 0.562. The van der Waals surface area contributed by atoms with E-state index in [2.05, 4.69) is 44.3 Å². The lowest BCUT2D eigenvalue weighted by Gasteiger charge is -2.29. The van der Waals surface area contributed by atoms with Crippen LogP contribution in [0.4, 0.5) is 8.78 Å². The van der Waals surface area contributed by atoms with Crippen LogP contribution in [0.2, 0.25) is 0 Å². The van der Waals surface area contributed by atoms with Gasteiger partial charge in [-0.3, -0.25) is 0 Å². The Morgan fingerprint density at radius 3 is 2.50 bits per heavy atom. The smallest absolute Gasteiger partial charge is 0.126 e. The summed E-state index contributed by atoms with van der Waals surface area (Å²) in [6.45, 7) is 7.31. The summed E-state index contributed by atoms with van der Waals surface area (Å²) >= 11 is 0. The van der Waals surface area contributed by atoms with Crippen molar-refractivity contribution in [3.8, 4) is 0 Å². The van der Waals surface area contributed by atoms with E-state index in [1.54, 1.807) is 0 Å². The van der Waals surface area contributed by atoms with Crippen LogP contribution in [-0.4, -0.2) is 17.8 Å². The van der Waals surface area contributed by atoms with Gasteiger partial charge in [-0.05, 0) is 84.7 Å². The fourth-order valence-corrected chi connectivity index (χ4v) is 4.46. The third-order valence-corrected chi connectivity index (χ3v) is 5.78. The molecule has 0 aromatic heterocycles. The van der Waals surface area contributed by atoms with Crippen molar-refractivity contribution in [3.63, 3.8) is 0 Å². The minimum atomic E-state index is -0.547. The molecular formula is C26H35F2NO. The molecule has 2 nitrogen and oxygen atoms in total. The number of aliphatic hydroxyl groups is 1. The first kappa shape index (κ1) is 22.9. The molecule has 0 unspecified atom stereocenters. The molecule has 0 radical (unpaired) electrons. The molecule has 0 bridgehead atoms. The van der Waals surface area contributed by atoms with Crippen molar-refractivity contribution in [1.29, 1.82) is 0 Å². The molecule has 0 amide bonds. The predicted octanol–water partition coefficient (Wildman–Crippen LogP) is 5.90. The van der Waals surface area contributed by atoms with E-state index in [4.69, 9.17) is 0 Å². The molecule has 4 heteroatoms. The Morgan fingerprint density at radius 2 is 1.80 bits per heavy atom. The maximum atomic E-state index is 13.3. The molecule has 0 heterocycles. The molecule has 3 rings (SSSR count). The Balaban J connectivity index is 1.51. The van der Waals surface area contributed by atoms with Gasteiger partial charge in [-0.15, -0.1) is 0 Å². The number of aliphatic hydroxyl groups excluding tert-OH is 1. The van der Waals surface area contributed by atoms with Crippen LogP contribution < -0.4 is 5.32 Å². The molecule has 0 spiro atoms. The number of nitrogens with one attached hydrogen (secondary N) is 1. The standard InChI is InChI=1S/C26H35F2NO/c1-26(2,3)16-19-10-11-20-7-5-9-25(24(20)14-19)29-17-23(30)8-4-6-18-12-21(27)15-22(28)13-18/h10-15,23,25,29-30H,4-9,16-17H2,1-3H3/t23-,25-/m0/s1. The molecule has 1 aliphatic rings. The van der Waals surface area contributed by atoms with Gasteiger partial charge in [-0.2, -0.15) is 0 Å². The Morgan fingerprint density at radius 1 is 1.07 bits per heavy atom. The maximum Gasteiger partial charge on any atom is 0.126 e. The average molecular weight is 416 g/mol. The summed E-state index contributed by atoms with van der Waals surface area (Å²) in [5.41, 5.74) is 5.06. The summed E-state index contributed by atoms with van der Waals surface area (Å²) in [7, 11) is 0. The molecule has 30 heavy (non-hydrogen) atoms. The summed E-state index contributed by atoms with van der Waals surface area (Å²) in [5, 5.41) is 14.0. The molecule has 2 atom stereocenters. The molecule has 0 aliphatic heterocycles. The first-order chi connectivity index (χ1) is 14.2. The number of fused-ring (bicyclic) bond motifs is 1. The SMILES string of the molecule is CC(C)(C)Cc1ccc2c(c1)[C@@H](NC[C@@H](O)CCCc1cc(F)cc(F)c1)CCC2. The van der Waals surface area contributed by atoms with Crippen molar-refractivity contribution in [2.45, 2.75) is 77.9 Å². The summed E-state index contributed by atoms with van der Waals surface area (Å²) in [4.78, 5) is 0. The molecule has 2 N–H and O–H groups in total. The zero-order chi connectivity index (χ0) is 21.7. The van der Waals surface area contributed by atoms with Gasteiger partial charge in [-0.25, -0.2) is 8.78 Å². The number of aryl methyl sites for hydroxylation is 2. The fraction of sp³-hybridized carbons (Fsp3) is 0.538. The second-order valence-electron chi connectivity index (χ2n) is 9.95. The largest absolute Gasteiger partial charge is 0.392 e. The average Bonchev–Trinajstić information content (AvgIpc) is 2.64. The van der Waals surface area contributed by atoms with Crippen LogP contribution >= 0.6 is 0 Å². The van der Waals surface area contributed by atoms with Crippen molar-refractivity contribution in [1.82, 2.24) is 5.32 Å².